The lowest BCUT2D eigenvalue weighted by Gasteiger charge is -2.10. The van der Waals surface area contributed by atoms with Crippen LogP contribution in [0.3, 0.4) is 0 Å². The van der Waals surface area contributed by atoms with Crippen molar-refractivity contribution in [1.82, 2.24) is 0 Å². The average Bonchev–Trinajstić information content (AvgIpc) is 3.62. The molecule has 14 heteroatoms. The van der Waals surface area contributed by atoms with Gasteiger partial charge in [0, 0.05) is 10.0 Å². The van der Waals surface area contributed by atoms with Crippen LogP contribution in [-0.2, 0) is 42.5 Å². The molecular weight excluding hydrogens is 662 g/mol. The standard InChI is InChI=1S/C14H8F3NO2.C9H5BrF3N.C7H12O3/c15-14(16,17)9-1-2-10-8(7-18)5-12(11(10)6-9)13-19-3-4-20-13;10-8-5-7(9(11,12)13)2-1-6(8)3-4-14;1-3-9-6-5-7(8)10-4-2/h1-2,5-6H,3-4H2;1-2,5H,3H2;5-6H,3-4H2,1-2H3/b;;6-5+. The first kappa shape index (κ1) is 35.8. The monoisotopic (exact) mass is 686 g/mol. The van der Waals surface area contributed by atoms with E-state index in [0.29, 0.717) is 58.7 Å². The van der Waals surface area contributed by atoms with Gasteiger partial charge in [0.25, 0.3) is 5.95 Å². The smallest absolute Gasteiger partial charge is 0.416 e. The molecule has 0 saturated carbocycles. The summed E-state index contributed by atoms with van der Waals surface area (Å²) in [6.45, 7) is 5.26. The molecular formula is C30H25BrF6N2O5. The molecule has 0 aromatic heterocycles. The Morgan fingerprint density at radius 1 is 0.955 bits per heavy atom. The Hall–Kier alpha value is -4.43. The number of nitrogens with zero attached hydrogens (tertiary/aromatic N) is 2. The average molecular weight is 687 g/mol. The molecule has 4 rings (SSSR count). The first-order valence-corrected chi connectivity index (χ1v) is 13.6. The summed E-state index contributed by atoms with van der Waals surface area (Å²) in [5.74, 6) is -0.188. The summed E-state index contributed by atoms with van der Waals surface area (Å²) in [4.78, 5) is 10.5. The van der Waals surface area contributed by atoms with E-state index < -0.39 is 23.5 Å². The summed E-state index contributed by atoms with van der Waals surface area (Å²) in [6, 6.07) is 10.4. The van der Waals surface area contributed by atoms with Crippen LogP contribution in [-0.4, -0.2) is 32.4 Å². The van der Waals surface area contributed by atoms with Crippen LogP contribution in [0, 0.1) is 22.7 Å². The molecule has 0 bridgehead atoms. The van der Waals surface area contributed by atoms with Gasteiger partial charge in [-0.25, -0.2) is 4.79 Å². The van der Waals surface area contributed by atoms with Gasteiger partial charge in [0.15, 0.2) is 0 Å². The van der Waals surface area contributed by atoms with E-state index in [1.807, 2.05) is 19.1 Å². The molecule has 0 N–H and O–H groups in total. The van der Waals surface area contributed by atoms with Crippen molar-refractivity contribution >= 4 is 33.0 Å². The molecule has 2 aromatic carbocycles. The maximum Gasteiger partial charge on any atom is 0.416 e. The van der Waals surface area contributed by atoms with Crippen LogP contribution in [0.25, 0.3) is 11.1 Å². The summed E-state index contributed by atoms with van der Waals surface area (Å²) in [5, 5.41) is 17.4. The van der Waals surface area contributed by atoms with Crippen molar-refractivity contribution in [3.63, 3.8) is 0 Å². The molecule has 0 radical (unpaired) electrons. The molecule has 2 aliphatic rings. The van der Waals surface area contributed by atoms with E-state index in [-0.39, 0.29) is 18.3 Å². The normalized spacial score (nSPS) is 13.6. The van der Waals surface area contributed by atoms with Crippen molar-refractivity contribution in [3.8, 4) is 12.1 Å². The molecule has 1 saturated heterocycles. The molecule has 0 amide bonds. The zero-order chi connectivity index (χ0) is 32.9. The number of ether oxygens (including phenoxy) is 4. The third-order valence-electron chi connectivity index (χ3n) is 5.51. The van der Waals surface area contributed by atoms with Gasteiger partial charge in [-0.2, -0.15) is 36.9 Å². The van der Waals surface area contributed by atoms with Gasteiger partial charge < -0.3 is 18.9 Å². The second kappa shape index (κ2) is 16.4. The van der Waals surface area contributed by atoms with Crippen LogP contribution in [0.15, 0.2) is 65.2 Å². The highest BCUT2D eigenvalue weighted by atomic mass is 79.9. The van der Waals surface area contributed by atoms with Crippen molar-refractivity contribution in [2.75, 3.05) is 26.4 Å². The highest BCUT2D eigenvalue weighted by Crippen LogP contribution is 2.41. The van der Waals surface area contributed by atoms with E-state index in [2.05, 4.69) is 20.7 Å². The Morgan fingerprint density at radius 3 is 2.09 bits per heavy atom. The lowest BCUT2D eigenvalue weighted by Crippen LogP contribution is -2.05. The number of rotatable bonds is 5. The second-order valence-corrected chi connectivity index (χ2v) is 9.33. The maximum absolute atomic E-state index is 12.8. The highest BCUT2D eigenvalue weighted by Gasteiger charge is 2.34. The Labute approximate surface area is 257 Å². The van der Waals surface area contributed by atoms with E-state index in [1.54, 1.807) is 6.92 Å². The number of fused-ring (bicyclic) bond motifs is 1. The van der Waals surface area contributed by atoms with Gasteiger partial charge in [0.2, 0.25) is 0 Å². The molecule has 2 aromatic rings. The Morgan fingerprint density at radius 2 is 1.57 bits per heavy atom. The minimum absolute atomic E-state index is 0.0960. The molecule has 0 spiro atoms. The number of halogens is 7. The van der Waals surface area contributed by atoms with Crippen LogP contribution in [0.4, 0.5) is 26.3 Å². The van der Waals surface area contributed by atoms with Crippen molar-refractivity contribution in [2.45, 2.75) is 32.6 Å². The van der Waals surface area contributed by atoms with Gasteiger partial charge in [-0.3, -0.25) is 0 Å². The van der Waals surface area contributed by atoms with Crippen LogP contribution in [0.2, 0.25) is 0 Å². The summed E-state index contributed by atoms with van der Waals surface area (Å²) >= 11 is 2.99. The molecule has 1 heterocycles. The summed E-state index contributed by atoms with van der Waals surface area (Å²) in [7, 11) is 0. The third-order valence-corrected chi connectivity index (χ3v) is 6.25. The number of benzene rings is 2. The zero-order valence-electron chi connectivity index (χ0n) is 23.3. The van der Waals surface area contributed by atoms with Crippen LogP contribution in [0.5, 0.6) is 0 Å². The largest absolute Gasteiger partial charge is 0.501 e. The Kier molecular flexibility index (Phi) is 13.4. The van der Waals surface area contributed by atoms with Gasteiger partial charge in [-0.1, -0.05) is 28.1 Å². The predicted molar refractivity (Wildman–Crippen MR) is 150 cm³/mol. The fraction of sp³-hybridized carbons (Fsp3) is 0.300. The summed E-state index contributed by atoms with van der Waals surface area (Å²) in [6.07, 6.45) is -4.60. The minimum Gasteiger partial charge on any atom is -0.501 e. The van der Waals surface area contributed by atoms with Gasteiger partial charge >= 0.3 is 18.3 Å². The number of allylic oxidation sites excluding steroid dienone is 3. The minimum atomic E-state index is -4.43. The van der Waals surface area contributed by atoms with Crippen LogP contribution >= 0.6 is 15.9 Å². The summed E-state index contributed by atoms with van der Waals surface area (Å²) in [5.41, 5.74) is 0.539. The van der Waals surface area contributed by atoms with Crippen LogP contribution in [0.1, 0.15) is 41.7 Å². The van der Waals surface area contributed by atoms with Gasteiger partial charge in [-0.05, 0) is 55.3 Å². The quantitative estimate of drug-likeness (QED) is 0.136. The Bertz CT molecular complexity index is 1490. The molecule has 44 heavy (non-hydrogen) atoms. The second-order valence-electron chi connectivity index (χ2n) is 8.47. The SMILES string of the molecule is CCO/C=C/C(=O)OCC.N#CC1=CC(=C2OCCO2)c2cc(C(F)(F)F)ccc21.N#CCc1ccc(C(F)(F)F)cc1Br. The molecule has 0 atom stereocenters. The highest BCUT2D eigenvalue weighted by molar-refractivity contribution is 9.10. The van der Waals surface area contributed by atoms with Gasteiger partial charge in [0.05, 0.1) is 66.4 Å². The number of hydrogen-bond acceptors (Lipinski definition) is 7. The number of carbonyl (C=O) groups is 1. The first-order valence-electron chi connectivity index (χ1n) is 12.8. The van der Waals surface area contributed by atoms with Crippen molar-refractivity contribution in [1.29, 1.82) is 10.5 Å². The Balaban J connectivity index is 0.000000247. The number of esters is 1. The fourth-order valence-electron chi connectivity index (χ4n) is 3.55. The molecule has 1 fully saturated rings. The molecule has 1 aliphatic carbocycles. The van der Waals surface area contributed by atoms with Crippen LogP contribution < -0.4 is 0 Å². The van der Waals surface area contributed by atoms with Crippen molar-refractivity contribution in [2.24, 2.45) is 0 Å². The lowest BCUT2D eigenvalue weighted by molar-refractivity contribution is -0.138. The van der Waals surface area contributed by atoms with E-state index in [0.717, 1.165) is 24.3 Å². The lowest BCUT2D eigenvalue weighted by atomic mass is 10.0. The zero-order valence-corrected chi connectivity index (χ0v) is 24.9. The predicted octanol–water partition coefficient (Wildman–Crippen LogP) is 7.98. The van der Waals surface area contributed by atoms with Crippen molar-refractivity contribution < 1.29 is 50.1 Å². The topological polar surface area (TPSA) is 102 Å². The molecule has 234 valence electrons. The molecule has 7 nitrogen and oxygen atoms in total. The van der Waals surface area contributed by atoms with E-state index in [1.165, 1.54) is 30.5 Å². The van der Waals surface area contributed by atoms with E-state index in [9.17, 15) is 31.1 Å². The fourth-order valence-corrected chi connectivity index (χ4v) is 4.07. The molecule has 0 unspecified atom stereocenters. The van der Waals surface area contributed by atoms with Gasteiger partial charge in [-0.15, -0.1) is 0 Å². The van der Waals surface area contributed by atoms with Gasteiger partial charge in [0.1, 0.15) is 13.2 Å². The number of carbonyl (C=O) groups excluding carboxylic acids is 1. The number of nitriles is 2. The maximum atomic E-state index is 12.8. The number of hydrogen-bond donors (Lipinski definition) is 0. The third kappa shape index (κ3) is 10.4. The van der Waals surface area contributed by atoms with E-state index >= 15 is 0 Å². The first-order chi connectivity index (χ1) is 20.8. The molecule has 1 aliphatic heterocycles. The van der Waals surface area contributed by atoms with Crippen molar-refractivity contribution in [3.05, 3.63) is 93.0 Å². The summed E-state index contributed by atoms with van der Waals surface area (Å²) < 4.78 is 95.1. The number of alkyl halides is 6. The van der Waals surface area contributed by atoms with E-state index in [4.69, 9.17) is 24.7 Å².